The molecule has 3 heterocycles. The molecule has 2 amide bonds. The van der Waals surface area contributed by atoms with Crippen LogP contribution in [0.25, 0.3) is 0 Å². The number of methoxy groups -OCH3 is 1. The van der Waals surface area contributed by atoms with Crippen LogP contribution in [0.15, 0.2) is 73.1 Å². The average Bonchev–Trinajstić information content (AvgIpc) is 2.89. The first-order valence-corrected chi connectivity index (χ1v) is 11.5. The molecule has 2 aromatic carbocycles. The van der Waals surface area contributed by atoms with Crippen LogP contribution in [-0.2, 0) is 4.79 Å². The van der Waals surface area contributed by atoms with E-state index in [0.717, 1.165) is 22.4 Å². The number of aromatic nitrogens is 1. The van der Waals surface area contributed by atoms with Crippen molar-refractivity contribution in [2.45, 2.75) is 18.0 Å². The van der Waals surface area contributed by atoms with Crippen molar-refractivity contribution in [2.75, 3.05) is 26.8 Å². The Kier molecular flexibility index (Phi) is 6.21. The van der Waals surface area contributed by atoms with Gasteiger partial charge in [0.1, 0.15) is 12.3 Å². The van der Waals surface area contributed by atoms with E-state index in [9.17, 15) is 14.7 Å². The summed E-state index contributed by atoms with van der Waals surface area (Å²) in [7, 11) is 1.63. The number of rotatable bonds is 4. The molecule has 1 N–H and O–H groups in total. The van der Waals surface area contributed by atoms with Gasteiger partial charge in [-0.3, -0.25) is 14.6 Å². The van der Waals surface area contributed by atoms with Gasteiger partial charge in [-0.05, 0) is 54.1 Å². The minimum atomic E-state index is -0.292. The summed E-state index contributed by atoms with van der Waals surface area (Å²) in [4.78, 5) is 33.1. The summed E-state index contributed by atoms with van der Waals surface area (Å²) in [6.45, 7) is 0.301. The normalized spacial score (nSPS) is 20.9. The number of piperazine rings is 1. The summed E-state index contributed by atoms with van der Waals surface area (Å²) >= 11 is 0. The number of pyridine rings is 1. The van der Waals surface area contributed by atoms with Gasteiger partial charge in [0.05, 0.1) is 31.4 Å². The molecule has 2 aliphatic rings. The molecule has 2 saturated heterocycles. The first-order chi connectivity index (χ1) is 17.1. The second-order valence-electron chi connectivity index (χ2n) is 8.67. The summed E-state index contributed by atoms with van der Waals surface area (Å²) in [5, 5.41) is 10.0. The predicted molar refractivity (Wildman–Crippen MR) is 130 cm³/mol. The number of carbonyl (C=O) groups excluding carboxylic acids is 2. The Hall–Kier alpha value is -4.15. The van der Waals surface area contributed by atoms with Crippen LogP contribution < -0.4 is 4.74 Å². The molecule has 0 aliphatic carbocycles. The number of fused-ring (bicyclic) bond motifs is 1. The smallest absolute Gasteiger partial charge is 0.255 e. The van der Waals surface area contributed by atoms with Crippen molar-refractivity contribution in [1.82, 2.24) is 14.8 Å². The second-order valence-corrected chi connectivity index (χ2v) is 8.67. The summed E-state index contributed by atoms with van der Waals surface area (Å²) in [5.74, 6) is 6.69. The molecule has 3 atom stereocenters. The van der Waals surface area contributed by atoms with E-state index in [1.165, 1.54) is 6.20 Å². The minimum absolute atomic E-state index is 0.00728. The third-order valence-corrected chi connectivity index (χ3v) is 6.68. The van der Waals surface area contributed by atoms with Gasteiger partial charge in [0, 0.05) is 36.0 Å². The molecule has 0 radical (unpaired) electrons. The Morgan fingerprint density at radius 2 is 1.77 bits per heavy atom. The molecule has 0 saturated carbocycles. The number of hydrogen-bond acceptors (Lipinski definition) is 5. The van der Waals surface area contributed by atoms with E-state index in [1.807, 2.05) is 48.5 Å². The van der Waals surface area contributed by atoms with Gasteiger partial charge in [0.2, 0.25) is 5.91 Å². The number of hydrogen-bond donors (Lipinski definition) is 1. The van der Waals surface area contributed by atoms with Crippen LogP contribution in [0.3, 0.4) is 0 Å². The number of aliphatic hydroxyl groups is 1. The largest absolute Gasteiger partial charge is 0.497 e. The molecule has 1 aromatic heterocycles. The molecule has 7 nitrogen and oxygen atoms in total. The quantitative estimate of drug-likeness (QED) is 0.596. The molecule has 2 fully saturated rings. The van der Waals surface area contributed by atoms with E-state index in [2.05, 4.69) is 16.8 Å². The van der Waals surface area contributed by atoms with Crippen molar-refractivity contribution in [3.05, 3.63) is 95.3 Å². The highest BCUT2D eigenvalue weighted by atomic mass is 16.5. The van der Waals surface area contributed by atoms with Crippen LogP contribution in [-0.4, -0.2) is 70.6 Å². The van der Waals surface area contributed by atoms with Crippen LogP contribution in [0.4, 0.5) is 0 Å². The van der Waals surface area contributed by atoms with Crippen LogP contribution >= 0.6 is 0 Å². The first kappa shape index (κ1) is 22.6. The molecule has 176 valence electrons. The Bertz CT molecular complexity index is 1280. The number of carbonyl (C=O) groups is 2. The monoisotopic (exact) mass is 467 g/mol. The maximum atomic E-state index is 12.9. The highest BCUT2D eigenvalue weighted by Gasteiger charge is 2.54. The second kappa shape index (κ2) is 9.61. The molecule has 7 heteroatoms. The van der Waals surface area contributed by atoms with E-state index in [4.69, 9.17) is 4.74 Å². The highest BCUT2D eigenvalue weighted by Crippen LogP contribution is 2.43. The van der Waals surface area contributed by atoms with Gasteiger partial charge in [-0.25, -0.2) is 0 Å². The molecule has 0 bridgehead atoms. The lowest BCUT2D eigenvalue weighted by Gasteiger charge is -2.58. The lowest BCUT2D eigenvalue weighted by atomic mass is 9.73. The van der Waals surface area contributed by atoms with Crippen LogP contribution in [0.1, 0.15) is 33.0 Å². The summed E-state index contributed by atoms with van der Waals surface area (Å²) in [6, 6.07) is 18.4. The number of ether oxygens (including phenoxy) is 1. The zero-order chi connectivity index (χ0) is 24.4. The molecular weight excluding hydrogens is 442 g/mol. The Morgan fingerprint density at radius 3 is 2.37 bits per heavy atom. The van der Waals surface area contributed by atoms with Gasteiger partial charge >= 0.3 is 0 Å². The number of benzene rings is 2. The van der Waals surface area contributed by atoms with Crippen LogP contribution in [0.2, 0.25) is 0 Å². The molecule has 0 unspecified atom stereocenters. The third-order valence-electron chi connectivity index (χ3n) is 6.68. The number of nitrogens with zero attached hydrogens (tertiary/aromatic N) is 3. The summed E-state index contributed by atoms with van der Waals surface area (Å²) < 4.78 is 5.17. The third kappa shape index (κ3) is 4.36. The van der Waals surface area contributed by atoms with Crippen molar-refractivity contribution in [2.24, 2.45) is 0 Å². The average molecular weight is 468 g/mol. The van der Waals surface area contributed by atoms with Gasteiger partial charge < -0.3 is 19.6 Å². The van der Waals surface area contributed by atoms with Crippen molar-refractivity contribution >= 4 is 11.8 Å². The molecular formula is C28H25N3O4. The topological polar surface area (TPSA) is 83.0 Å². The van der Waals surface area contributed by atoms with E-state index in [-0.39, 0.29) is 43.0 Å². The standard InChI is InChI=1S/C28H25N3O4/c1-35-23-12-8-20(9-13-23)5-4-19-6-10-21(11-7-19)27-24-16-30(17-26(33)31(24)25(27)18-32)28(34)22-3-2-14-29-15-22/h2-3,6-15,24-25,27,32H,16-18H2,1H3/t24-,25+,27+/m0/s1. The number of aliphatic hydroxyl groups excluding tert-OH is 1. The zero-order valence-corrected chi connectivity index (χ0v) is 19.3. The summed E-state index contributed by atoms with van der Waals surface area (Å²) in [6.07, 6.45) is 3.12. The predicted octanol–water partition coefficient (Wildman–Crippen LogP) is 2.30. The number of amides is 2. The van der Waals surface area contributed by atoms with Gasteiger partial charge in [-0.2, -0.15) is 0 Å². The van der Waals surface area contributed by atoms with Crippen LogP contribution in [0.5, 0.6) is 5.75 Å². The van der Waals surface area contributed by atoms with Crippen LogP contribution in [0, 0.1) is 11.8 Å². The lowest BCUT2D eigenvalue weighted by Crippen LogP contribution is -2.73. The molecule has 3 aromatic rings. The van der Waals surface area contributed by atoms with E-state index in [1.54, 1.807) is 35.2 Å². The van der Waals surface area contributed by atoms with Gasteiger partial charge in [-0.15, -0.1) is 0 Å². The fraction of sp³-hybridized carbons (Fsp3) is 0.250. The maximum Gasteiger partial charge on any atom is 0.255 e. The minimum Gasteiger partial charge on any atom is -0.497 e. The lowest BCUT2D eigenvalue weighted by molar-refractivity contribution is -0.159. The van der Waals surface area contributed by atoms with Crippen molar-refractivity contribution < 1.29 is 19.4 Å². The van der Waals surface area contributed by atoms with E-state index in [0.29, 0.717) is 12.1 Å². The Labute approximate surface area is 204 Å². The Balaban J connectivity index is 1.33. The fourth-order valence-corrected chi connectivity index (χ4v) is 4.93. The van der Waals surface area contributed by atoms with Gasteiger partial charge in [0.25, 0.3) is 5.91 Å². The summed E-state index contributed by atoms with van der Waals surface area (Å²) in [5.41, 5.74) is 3.24. The van der Waals surface area contributed by atoms with Crippen molar-refractivity contribution in [3.8, 4) is 17.6 Å². The van der Waals surface area contributed by atoms with E-state index >= 15 is 0 Å². The van der Waals surface area contributed by atoms with Crippen molar-refractivity contribution in [1.29, 1.82) is 0 Å². The van der Waals surface area contributed by atoms with Gasteiger partial charge in [-0.1, -0.05) is 24.0 Å². The first-order valence-electron chi connectivity index (χ1n) is 11.5. The maximum absolute atomic E-state index is 12.9. The zero-order valence-electron chi connectivity index (χ0n) is 19.3. The Morgan fingerprint density at radius 1 is 1.09 bits per heavy atom. The molecule has 5 rings (SSSR count). The van der Waals surface area contributed by atoms with Crippen molar-refractivity contribution in [3.63, 3.8) is 0 Å². The molecule has 0 spiro atoms. The van der Waals surface area contributed by atoms with E-state index < -0.39 is 0 Å². The molecule has 35 heavy (non-hydrogen) atoms. The fourth-order valence-electron chi connectivity index (χ4n) is 4.93. The van der Waals surface area contributed by atoms with Gasteiger partial charge in [0.15, 0.2) is 0 Å². The highest BCUT2D eigenvalue weighted by molar-refractivity contribution is 5.97. The molecule has 2 aliphatic heterocycles. The SMILES string of the molecule is COc1ccc(C#Cc2ccc([C@H]3[C@@H](CO)N4C(=O)CN(C(=O)c5cccnc5)C[C@@H]34)cc2)cc1.